The number of nitrogens with two attached hydrogens (primary N) is 1. The summed E-state index contributed by atoms with van der Waals surface area (Å²) in [4.78, 5) is 0. The second kappa shape index (κ2) is 8.88. The van der Waals surface area contributed by atoms with Gasteiger partial charge in [0.2, 0.25) is 0 Å². The van der Waals surface area contributed by atoms with Crippen LogP contribution in [0.15, 0.2) is 24.3 Å². The molecular formula is C14H24N2O. The Balaban J connectivity index is 2.05. The van der Waals surface area contributed by atoms with Gasteiger partial charge in [-0.2, -0.15) is 0 Å². The van der Waals surface area contributed by atoms with Crippen LogP contribution in [0.25, 0.3) is 0 Å². The minimum atomic E-state index is 0.807. The minimum absolute atomic E-state index is 0.807. The average Bonchev–Trinajstić information content (AvgIpc) is 2.38. The summed E-state index contributed by atoms with van der Waals surface area (Å²) in [6.07, 6.45) is 7.75. The second-order valence-electron chi connectivity index (χ2n) is 4.28. The van der Waals surface area contributed by atoms with Crippen molar-refractivity contribution in [2.45, 2.75) is 45.4 Å². The number of nitrogens with one attached hydrogen (secondary N) is 1. The van der Waals surface area contributed by atoms with Crippen molar-refractivity contribution in [3.8, 4) is 5.75 Å². The van der Waals surface area contributed by atoms with E-state index in [9.17, 15) is 0 Å². The number of unbranched alkanes of at least 4 members (excludes halogenated alkanes) is 5. The number of hydrogen-bond donors (Lipinski definition) is 2. The fourth-order valence-corrected chi connectivity index (χ4v) is 1.72. The van der Waals surface area contributed by atoms with Crippen LogP contribution in [0.1, 0.15) is 45.4 Å². The van der Waals surface area contributed by atoms with Crippen LogP contribution < -0.4 is 16.0 Å². The summed E-state index contributed by atoms with van der Waals surface area (Å²) in [5, 5.41) is 0. The third-order valence-electron chi connectivity index (χ3n) is 2.79. The highest BCUT2D eigenvalue weighted by molar-refractivity contribution is 5.44. The predicted octanol–water partition coefficient (Wildman–Crippen LogP) is 3.71. The van der Waals surface area contributed by atoms with Crippen molar-refractivity contribution in [2.24, 2.45) is 5.84 Å². The van der Waals surface area contributed by atoms with Gasteiger partial charge in [0.15, 0.2) is 0 Å². The van der Waals surface area contributed by atoms with Gasteiger partial charge in [0, 0.05) is 5.69 Å². The monoisotopic (exact) mass is 236 g/mol. The van der Waals surface area contributed by atoms with Gasteiger partial charge in [-0.3, -0.25) is 5.84 Å². The van der Waals surface area contributed by atoms with Crippen molar-refractivity contribution in [3.63, 3.8) is 0 Å². The quantitative estimate of drug-likeness (QED) is 0.390. The molecule has 0 bridgehead atoms. The van der Waals surface area contributed by atoms with Crippen molar-refractivity contribution < 1.29 is 4.74 Å². The molecular weight excluding hydrogens is 212 g/mol. The van der Waals surface area contributed by atoms with E-state index in [1.165, 1.54) is 32.1 Å². The summed E-state index contributed by atoms with van der Waals surface area (Å²) in [7, 11) is 0. The summed E-state index contributed by atoms with van der Waals surface area (Å²) in [5.41, 5.74) is 3.49. The van der Waals surface area contributed by atoms with Gasteiger partial charge in [-0.15, -0.1) is 0 Å². The van der Waals surface area contributed by atoms with Crippen molar-refractivity contribution in [1.82, 2.24) is 0 Å². The predicted molar refractivity (Wildman–Crippen MR) is 73.1 cm³/mol. The van der Waals surface area contributed by atoms with Crippen LogP contribution in [-0.4, -0.2) is 6.61 Å². The van der Waals surface area contributed by atoms with Gasteiger partial charge in [-0.05, 0) is 30.7 Å². The lowest BCUT2D eigenvalue weighted by Gasteiger charge is -2.07. The third kappa shape index (κ3) is 6.17. The fraction of sp³-hybridized carbons (Fsp3) is 0.571. The molecule has 3 nitrogen and oxygen atoms in total. The molecule has 0 fully saturated rings. The molecule has 0 heterocycles. The van der Waals surface area contributed by atoms with E-state index < -0.39 is 0 Å². The van der Waals surface area contributed by atoms with Gasteiger partial charge in [0.05, 0.1) is 6.61 Å². The number of rotatable bonds is 9. The van der Waals surface area contributed by atoms with Gasteiger partial charge in [-0.1, -0.05) is 39.0 Å². The average molecular weight is 236 g/mol. The Hall–Kier alpha value is -1.22. The Labute approximate surface area is 104 Å². The SMILES string of the molecule is CCCCCCCCOc1ccc(NN)cc1. The van der Waals surface area contributed by atoms with E-state index in [1.807, 2.05) is 24.3 Å². The second-order valence-corrected chi connectivity index (χ2v) is 4.28. The highest BCUT2D eigenvalue weighted by Crippen LogP contribution is 2.15. The molecule has 1 rings (SSSR count). The first kappa shape index (κ1) is 13.8. The van der Waals surface area contributed by atoms with Crippen molar-refractivity contribution >= 4 is 5.69 Å². The minimum Gasteiger partial charge on any atom is -0.494 e. The molecule has 1 aromatic carbocycles. The van der Waals surface area contributed by atoms with E-state index >= 15 is 0 Å². The van der Waals surface area contributed by atoms with E-state index in [1.54, 1.807) is 0 Å². The van der Waals surface area contributed by atoms with E-state index in [-0.39, 0.29) is 0 Å². The van der Waals surface area contributed by atoms with E-state index in [2.05, 4.69) is 12.3 Å². The summed E-state index contributed by atoms with van der Waals surface area (Å²) in [6, 6.07) is 7.70. The molecule has 17 heavy (non-hydrogen) atoms. The lowest BCUT2D eigenvalue weighted by molar-refractivity contribution is 0.304. The smallest absolute Gasteiger partial charge is 0.119 e. The van der Waals surface area contributed by atoms with Crippen LogP contribution in [-0.2, 0) is 0 Å². The molecule has 96 valence electrons. The summed E-state index contributed by atoms with van der Waals surface area (Å²) in [6.45, 7) is 3.05. The number of hydrazine groups is 1. The van der Waals surface area contributed by atoms with Gasteiger partial charge < -0.3 is 10.2 Å². The van der Waals surface area contributed by atoms with E-state index in [0.717, 1.165) is 24.5 Å². The van der Waals surface area contributed by atoms with Crippen molar-refractivity contribution in [3.05, 3.63) is 24.3 Å². The molecule has 3 N–H and O–H groups in total. The van der Waals surface area contributed by atoms with Crippen molar-refractivity contribution in [2.75, 3.05) is 12.0 Å². The van der Waals surface area contributed by atoms with Gasteiger partial charge in [0.1, 0.15) is 5.75 Å². The lowest BCUT2D eigenvalue weighted by Crippen LogP contribution is -2.06. The van der Waals surface area contributed by atoms with Gasteiger partial charge in [-0.25, -0.2) is 0 Å². The molecule has 1 aromatic rings. The number of nitrogen functional groups attached to an aromatic ring is 1. The van der Waals surface area contributed by atoms with Crippen LogP contribution in [0, 0.1) is 0 Å². The first-order valence-electron chi connectivity index (χ1n) is 6.56. The molecule has 0 unspecified atom stereocenters. The summed E-state index contributed by atoms with van der Waals surface area (Å²) in [5.74, 6) is 6.20. The highest BCUT2D eigenvalue weighted by Gasteiger charge is 1.94. The summed E-state index contributed by atoms with van der Waals surface area (Å²) >= 11 is 0. The molecule has 0 spiro atoms. The summed E-state index contributed by atoms with van der Waals surface area (Å²) < 4.78 is 5.64. The van der Waals surface area contributed by atoms with Gasteiger partial charge >= 0.3 is 0 Å². The largest absolute Gasteiger partial charge is 0.494 e. The Morgan fingerprint density at radius 3 is 2.29 bits per heavy atom. The number of ether oxygens (including phenoxy) is 1. The zero-order valence-corrected chi connectivity index (χ0v) is 10.7. The molecule has 0 saturated heterocycles. The van der Waals surface area contributed by atoms with Crippen LogP contribution in [0.5, 0.6) is 5.75 Å². The third-order valence-corrected chi connectivity index (χ3v) is 2.79. The highest BCUT2D eigenvalue weighted by atomic mass is 16.5. The first-order chi connectivity index (χ1) is 8.36. The molecule has 0 aliphatic heterocycles. The first-order valence-corrected chi connectivity index (χ1v) is 6.56. The van der Waals surface area contributed by atoms with Crippen LogP contribution in [0.3, 0.4) is 0 Å². The van der Waals surface area contributed by atoms with Crippen molar-refractivity contribution in [1.29, 1.82) is 0 Å². The van der Waals surface area contributed by atoms with Crippen LogP contribution >= 0.6 is 0 Å². The molecule has 0 radical (unpaired) electrons. The number of benzene rings is 1. The Bertz CT molecular complexity index is 285. The van der Waals surface area contributed by atoms with E-state index in [0.29, 0.717) is 0 Å². The molecule has 0 aliphatic carbocycles. The van der Waals surface area contributed by atoms with Crippen LogP contribution in [0.2, 0.25) is 0 Å². The molecule has 3 heteroatoms. The van der Waals surface area contributed by atoms with Crippen LogP contribution in [0.4, 0.5) is 5.69 Å². The maximum Gasteiger partial charge on any atom is 0.119 e. The molecule has 0 saturated carbocycles. The standard InChI is InChI=1S/C14H24N2O/c1-2-3-4-5-6-7-12-17-14-10-8-13(16-15)9-11-14/h8-11,16H,2-7,12,15H2,1H3. The van der Waals surface area contributed by atoms with E-state index in [4.69, 9.17) is 10.6 Å². The Morgan fingerprint density at radius 1 is 1.00 bits per heavy atom. The zero-order chi connectivity index (χ0) is 12.3. The number of hydrogen-bond acceptors (Lipinski definition) is 3. The molecule has 0 aromatic heterocycles. The molecule has 0 atom stereocenters. The molecule has 0 amide bonds. The zero-order valence-electron chi connectivity index (χ0n) is 10.7. The molecule has 0 aliphatic rings. The Kier molecular flexibility index (Phi) is 7.23. The maximum absolute atomic E-state index is 5.64. The Morgan fingerprint density at radius 2 is 1.65 bits per heavy atom. The number of anilines is 1. The van der Waals surface area contributed by atoms with Gasteiger partial charge in [0.25, 0.3) is 0 Å². The normalized spacial score (nSPS) is 10.2. The topological polar surface area (TPSA) is 47.3 Å². The lowest BCUT2D eigenvalue weighted by atomic mass is 10.1. The fourth-order valence-electron chi connectivity index (χ4n) is 1.72. The maximum atomic E-state index is 5.64.